The lowest BCUT2D eigenvalue weighted by Gasteiger charge is -2.58. The van der Waals surface area contributed by atoms with Gasteiger partial charge in [-0.3, -0.25) is 9.59 Å². The van der Waals surface area contributed by atoms with Crippen LogP contribution in [0.3, 0.4) is 0 Å². The maximum Gasteiger partial charge on any atom is 0.302 e. The number of carbonyl (C=O) groups excluding carboxylic acids is 2. The van der Waals surface area contributed by atoms with Gasteiger partial charge in [-0.15, -0.1) is 0 Å². The lowest BCUT2D eigenvalue weighted by atomic mass is 9.47. The quantitative estimate of drug-likeness (QED) is 0.275. The first-order chi connectivity index (χ1) is 16.7. The molecule has 0 aliphatic heterocycles. The van der Waals surface area contributed by atoms with Gasteiger partial charge in [0.15, 0.2) is 0 Å². The summed E-state index contributed by atoms with van der Waals surface area (Å²) in [5.74, 6) is 2.98. The average Bonchev–Trinajstić information content (AvgIpc) is 3.12. The summed E-state index contributed by atoms with van der Waals surface area (Å²) in [6, 6.07) is 0. The number of ether oxygens (including phenoxy) is 2. The Labute approximate surface area is 220 Å². The van der Waals surface area contributed by atoms with Crippen LogP contribution in [-0.4, -0.2) is 24.1 Å². The van der Waals surface area contributed by atoms with Crippen molar-refractivity contribution < 1.29 is 19.1 Å². The van der Waals surface area contributed by atoms with Crippen LogP contribution in [0.5, 0.6) is 0 Å². The van der Waals surface area contributed by atoms with Crippen molar-refractivity contribution in [2.45, 2.75) is 132 Å². The van der Waals surface area contributed by atoms with Gasteiger partial charge in [-0.1, -0.05) is 53.2 Å². The van der Waals surface area contributed by atoms with Crippen molar-refractivity contribution >= 4 is 11.9 Å². The van der Waals surface area contributed by atoms with Gasteiger partial charge in [0.2, 0.25) is 0 Å². The Hall–Kier alpha value is -1.32. The van der Waals surface area contributed by atoms with Gasteiger partial charge < -0.3 is 9.47 Å². The molecule has 0 heterocycles. The number of fused-ring (bicyclic) bond motifs is 5. The van der Waals surface area contributed by atoms with Gasteiger partial charge in [-0.2, -0.15) is 0 Å². The Bertz CT molecular complexity index is 868. The highest BCUT2D eigenvalue weighted by atomic mass is 16.5. The van der Waals surface area contributed by atoms with Crippen LogP contribution in [0.2, 0.25) is 0 Å². The maximum atomic E-state index is 12.0. The summed E-state index contributed by atoms with van der Waals surface area (Å²) >= 11 is 0. The Morgan fingerprint density at radius 3 is 2.39 bits per heavy atom. The van der Waals surface area contributed by atoms with Crippen molar-refractivity contribution in [2.24, 2.45) is 45.8 Å². The molecule has 0 N–H and O–H groups in total. The summed E-state index contributed by atoms with van der Waals surface area (Å²) in [4.78, 5) is 23.6. The zero-order chi connectivity index (χ0) is 26.5. The molecule has 0 bridgehead atoms. The maximum absolute atomic E-state index is 12.0. The van der Waals surface area contributed by atoms with Crippen LogP contribution in [-0.2, 0) is 19.1 Å². The average molecular weight is 501 g/mol. The van der Waals surface area contributed by atoms with Gasteiger partial charge in [-0.05, 0) is 104 Å². The Morgan fingerprint density at radius 2 is 1.75 bits per heavy atom. The minimum atomic E-state index is -0.146. The highest BCUT2D eigenvalue weighted by Crippen LogP contribution is 2.67. The summed E-state index contributed by atoms with van der Waals surface area (Å²) in [5.41, 5.74) is 2.40. The molecule has 4 heteroatoms. The van der Waals surface area contributed by atoms with Crippen molar-refractivity contribution in [1.29, 1.82) is 0 Å². The smallest absolute Gasteiger partial charge is 0.302 e. The van der Waals surface area contributed by atoms with E-state index in [0.29, 0.717) is 17.3 Å². The molecule has 0 aromatic heterocycles. The molecule has 4 aliphatic carbocycles. The van der Waals surface area contributed by atoms with Crippen LogP contribution in [0.4, 0.5) is 0 Å². The topological polar surface area (TPSA) is 52.6 Å². The molecule has 3 saturated carbocycles. The molecule has 4 aliphatic rings. The Morgan fingerprint density at radius 1 is 1.03 bits per heavy atom. The van der Waals surface area contributed by atoms with E-state index in [1.807, 2.05) is 0 Å². The van der Waals surface area contributed by atoms with Crippen molar-refractivity contribution in [3.63, 3.8) is 0 Å². The first-order valence-corrected chi connectivity index (χ1v) is 14.8. The largest absolute Gasteiger partial charge is 0.462 e. The van der Waals surface area contributed by atoms with Gasteiger partial charge >= 0.3 is 11.9 Å². The zero-order valence-corrected chi connectivity index (χ0v) is 24.3. The minimum Gasteiger partial charge on any atom is -0.462 e. The molecule has 9 atom stereocenters. The number of carbonyl (C=O) groups is 2. The highest BCUT2D eigenvalue weighted by molar-refractivity contribution is 5.66. The van der Waals surface area contributed by atoms with Crippen LogP contribution >= 0.6 is 0 Å². The molecule has 1 unspecified atom stereocenters. The molecule has 4 nitrogen and oxygen atoms in total. The summed E-state index contributed by atoms with van der Waals surface area (Å²) < 4.78 is 11.6. The second-order valence-electron chi connectivity index (χ2n) is 14.6. The molecule has 0 amide bonds. The third kappa shape index (κ3) is 5.30. The highest BCUT2D eigenvalue weighted by Gasteiger charge is 2.60. The van der Waals surface area contributed by atoms with Crippen LogP contribution in [0.25, 0.3) is 0 Å². The Balaban J connectivity index is 1.51. The molecular weight excluding hydrogens is 448 g/mol. The predicted octanol–water partition coefficient (Wildman–Crippen LogP) is 7.89. The lowest BCUT2D eigenvalue weighted by molar-refractivity contribution is -0.153. The lowest BCUT2D eigenvalue weighted by Crippen LogP contribution is -2.51. The van der Waals surface area contributed by atoms with Crippen LogP contribution in [0.1, 0.15) is 120 Å². The van der Waals surface area contributed by atoms with E-state index in [9.17, 15) is 9.59 Å². The standard InChI is InChI=1S/C32H52O4/c1-20(29(36-22(3)34)15-16-30(4,5)6)26-11-12-27-25-10-9-23-19-24(35-21(2)33)13-17-31(23,7)28(25)14-18-32(26,27)8/h9,20,24-29H,10-19H2,1-8H3/t20-,24-,25-,26+,27-,28-,29?,31-,32+/m0/s1. The monoisotopic (exact) mass is 500 g/mol. The molecule has 36 heavy (non-hydrogen) atoms. The van der Waals surface area contributed by atoms with Crippen molar-refractivity contribution in [2.75, 3.05) is 0 Å². The van der Waals surface area contributed by atoms with Gasteiger partial charge in [0.1, 0.15) is 12.2 Å². The molecule has 0 aromatic carbocycles. The Kier molecular flexibility index (Phi) is 7.77. The summed E-state index contributed by atoms with van der Waals surface area (Å²) in [6.45, 7) is 17.4. The van der Waals surface area contributed by atoms with E-state index in [1.165, 1.54) is 39.0 Å². The molecule has 0 spiro atoms. The minimum absolute atomic E-state index is 0.0203. The summed E-state index contributed by atoms with van der Waals surface area (Å²) in [5, 5.41) is 0. The van der Waals surface area contributed by atoms with Crippen LogP contribution < -0.4 is 0 Å². The number of allylic oxidation sites excluding steroid dienone is 1. The molecule has 4 rings (SSSR count). The fourth-order valence-electron chi connectivity index (χ4n) is 9.34. The molecule has 0 radical (unpaired) electrons. The third-order valence-electron chi connectivity index (χ3n) is 11.2. The fraction of sp³-hybridized carbons (Fsp3) is 0.875. The normalized spacial score (nSPS) is 39.7. The van der Waals surface area contributed by atoms with Gasteiger partial charge in [0, 0.05) is 20.3 Å². The van der Waals surface area contributed by atoms with Gasteiger partial charge in [0.05, 0.1) is 0 Å². The van der Waals surface area contributed by atoms with Crippen molar-refractivity contribution in [3.8, 4) is 0 Å². The number of esters is 2. The summed E-state index contributed by atoms with van der Waals surface area (Å²) in [6.07, 6.45) is 14.1. The second kappa shape index (κ2) is 10.1. The van der Waals surface area contributed by atoms with Crippen molar-refractivity contribution in [3.05, 3.63) is 11.6 Å². The SMILES string of the molecule is CC(=O)OC(CCC(C)(C)C)[C@@H](C)[C@H]1CC[C@H]2[C@@H]3CC=C4C[C@@H](OC(C)=O)CC[C@]4(C)[C@H]3CC[C@]12C. The molecule has 3 fully saturated rings. The first-order valence-electron chi connectivity index (χ1n) is 14.8. The molecule has 204 valence electrons. The van der Waals surface area contributed by atoms with E-state index >= 15 is 0 Å². The van der Waals surface area contributed by atoms with Crippen molar-refractivity contribution in [1.82, 2.24) is 0 Å². The summed E-state index contributed by atoms with van der Waals surface area (Å²) in [7, 11) is 0. The van der Waals surface area contributed by atoms with Crippen LogP contribution in [0.15, 0.2) is 11.6 Å². The van der Waals surface area contributed by atoms with Crippen LogP contribution in [0, 0.1) is 45.8 Å². The van der Waals surface area contributed by atoms with E-state index < -0.39 is 0 Å². The fourth-order valence-corrected chi connectivity index (χ4v) is 9.34. The van der Waals surface area contributed by atoms with E-state index in [4.69, 9.17) is 9.47 Å². The second-order valence-corrected chi connectivity index (χ2v) is 14.6. The van der Waals surface area contributed by atoms with E-state index in [2.05, 4.69) is 47.6 Å². The molecule has 0 saturated heterocycles. The number of hydrogen-bond donors (Lipinski definition) is 0. The molecule has 0 aromatic rings. The van der Waals surface area contributed by atoms with Gasteiger partial charge in [-0.25, -0.2) is 0 Å². The predicted molar refractivity (Wildman–Crippen MR) is 144 cm³/mol. The number of rotatable bonds is 6. The van der Waals surface area contributed by atoms with E-state index in [1.54, 1.807) is 12.5 Å². The zero-order valence-electron chi connectivity index (χ0n) is 24.3. The van der Waals surface area contributed by atoms with E-state index in [0.717, 1.165) is 49.9 Å². The first kappa shape index (κ1) is 27.7. The van der Waals surface area contributed by atoms with Gasteiger partial charge in [0.25, 0.3) is 0 Å². The number of hydrogen-bond acceptors (Lipinski definition) is 4. The van der Waals surface area contributed by atoms with E-state index in [-0.39, 0.29) is 35.0 Å². The molecular formula is C32H52O4. The third-order valence-corrected chi connectivity index (χ3v) is 11.2.